The third-order valence-electron chi connectivity index (χ3n) is 2.08. The van der Waals surface area contributed by atoms with E-state index in [4.69, 9.17) is 10.2 Å². The number of carboxylic acid groups (broad SMARTS) is 2. The summed E-state index contributed by atoms with van der Waals surface area (Å²) in [6.07, 6.45) is 8.03. The molecule has 0 aromatic rings. The van der Waals surface area contributed by atoms with E-state index in [1.807, 2.05) is 0 Å². The van der Waals surface area contributed by atoms with Crippen molar-refractivity contribution < 1.29 is 19.8 Å². The highest BCUT2D eigenvalue weighted by Crippen LogP contribution is 2.05. The smallest absolute Gasteiger partial charge is 0.321 e. The van der Waals surface area contributed by atoms with Crippen molar-refractivity contribution in [2.24, 2.45) is 5.92 Å². The van der Waals surface area contributed by atoms with E-state index < -0.39 is 17.9 Å². The highest BCUT2D eigenvalue weighted by atomic mass is 16.4. The second-order valence-electron chi connectivity index (χ2n) is 3.43. The summed E-state index contributed by atoms with van der Waals surface area (Å²) in [6, 6.07) is 0. The molecule has 0 aliphatic rings. The van der Waals surface area contributed by atoms with Crippen LogP contribution in [0.2, 0.25) is 0 Å². The van der Waals surface area contributed by atoms with Gasteiger partial charge in [-0.05, 0) is 12.8 Å². The maximum atomic E-state index is 10.5. The normalized spacial score (nSPS) is 11.1. The molecule has 0 spiro atoms. The number of hydrogen-bond acceptors (Lipinski definition) is 2. The van der Waals surface area contributed by atoms with Gasteiger partial charge in [0, 0.05) is 0 Å². The first-order valence-electron chi connectivity index (χ1n) is 5.21. The van der Waals surface area contributed by atoms with Crippen molar-refractivity contribution in [2.45, 2.75) is 39.0 Å². The van der Waals surface area contributed by atoms with Crippen molar-refractivity contribution in [1.82, 2.24) is 0 Å². The minimum absolute atomic E-state index is 0.747. The first-order valence-corrected chi connectivity index (χ1v) is 5.21. The monoisotopic (exact) mass is 214 g/mol. The summed E-state index contributed by atoms with van der Waals surface area (Å²) in [4.78, 5) is 21.0. The summed E-state index contributed by atoms with van der Waals surface area (Å²) in [6.45, 7) is 2.11. The molecule has 0 aliphatic heterocycles. The van der Waals surface area contributed by atoms with Crippen molar-refractivity contribution in [3.8, 4) is 0 Å². The SMILES string of the molecule is CCCCCC/C=C\C(C(=O)O)C(=O)O. The largest absolute Gasteiger partial charge is 0.480 e. The van der Waals surface area contributed by atoms with Crippen LogP contribution in [0, 0.1) is 5.92 Å². The summed E-state index contributed by atoms with van der Waals surface area (Å²) in [5.41, 5.74) is 0. The molecule has 4 nitrogen and oxygen atoms in total. The molecule has 0 aliphatic carbocycles. The number of carboxylic acids is 2. The maximum absolute atomic E-state index is 10.5. The quantitative estimate of drug-likeness (QED) is 0.369. The van der Waals surface area contributed by atoms with E-state index in [2.05, 4.69) is 6.92 Å². The molecule has 0 atom stereocenters. The van der Waals surface area contributed by atoms with Crippen molar-refractivity contribution in [1.29, 1.82) is 0 Å². The Hall–Kier alpha value is -1.32. The van der Waals surface area contributed by atoms with Gasteiger partial charge in [-0.15, -0.1) is 0 Å². The zero-order chi connectivity index (χ0) is 11.7. The number of unbranched alkanes of at least 4 members (excludes halogenated alkanes) is 4. The molecule has 2 N–H and O–H groups in total. The van der Waals surface area contributed by atoms with Crippen molar-refractivity contribution >= 4 is 11.9 Å². The van der Waals surface area contributed by atoms with E-state index in [0.29, 0.717) is 0 Å². The lowest BCUT2D eigenvalue weighted by atomic mass is 10.1. The van der Waals surface area contributed by atoms with Crippen LogP contribution in [0.3, 0.4) is 0 Å². The van der Waals surface area contributed by atoms with Crippen LogP contribution in [0.5, 0.6) is 0 Å². The minimum atomic E-state index is -1.41. The Labute approximate surface area is 89.6 Å². The first kappa shape index (κ1) is 13.7. The fraction of sp³-hybridized carbons (Fsp3) is 0.636. The number of hydrogen-bond donors (Lipinski definition) is 2. The summed E-state index contributed by atoms with van der Waals surface area (Å²) in [5, 5.41) is 17.1. The predicted octanol–water partition coefficient (Wildman–Crippen LogP) is 2.30. The van der Waals surface area contributed by atoms with E-state index in [1.54, 1.807) is 6.08 Å². The number of rotatable bonds is 8. The van der Waals surface area contributed by atoms with Crippen LogP contribution in [0.1, 0.15) is 39.0 Å². The molecule has 0 unspecified atom stereocenters. The predicted molar refractivity (Wildman–Crippen MR) is 56.7 cm³/mol. The standard InChI is InChI=1S/C11H18O4/c1-2-3-4-5-6-7-8-9(10(12)13)11(14)15/h7-9H,2-6H2,1H3,(H,12,13)(H,14,15)/b8-7-. The van der Waals surface area contributed by atoms with Gasteiger partial charge >= 0.3 is 11.9 Å². The molecule has 0 saturated carbocycles. The van der Waals surface area contributed by atoms with E-state index in [9.17, 15) is 9.59 Å². The van der Waals surface area contributed by atoms with E-state index in [1.165, 1.54) is 6.08 Å². The van der Waals surface area contributed by atoms with E-state index >= 15 is 0 Å². The van der Waals surface area contributed by atoms with Gasteiger partial charge in [0.15, 0.2) is 5.92 Å². The Balaban J connectivity index is 3.81. The molecule has 15 heavy (non-hydrogen) atoms. The van der Waals surface area contributed by atoms with E-state index in [-0.39, 0.29) is 0 Å². The topological polar surface area (TPSA) is 74.6 Å². The molecule has 0 radical (unpaired) electrons. The zero-order valence-corrected chi connectivity index (χ0v) is 8.98. The zero-order valence-electron chi connectivity index (χ0n) is 8.98. The molecule has 0 aromatic heterocycles. The van der Waals surface area contributed by atoms with Gasteiger partial charge in [-0.1, -0.05) is 38.3 Å². The fourth-order valence-corrected chi connectivity index (χ4v) is 1.19. The number of allylic oxidation sites excluding steroid dienone is 1. The maximum Gasteiger partial charge on any atom is 0.321 e. The lowest BCUT2D eigenvalue weighted by Gasteiger charge is -2.00. The second-order valence-corrected chi connectivity index (χ2v) is 3.43. The van der Waals surface area contributed by atoms with Gasteiger partial charge in [-0.25, -0.2) is 0 Å². The summed E-state index contributed by atoms with van der Waals surface area (Å²) >= 11 is 0. The average Bonchev–Trinajstić information content (AvgIpc) is 2.15. The van der Waals surface area contributed by atoms with Gasteiger partial charge in [-0.3, -0.25) is 9.59 Å². The first-order chi connectivity index (χ1) is 7.09. The molecule has 0 bridgehead atoms. The summed E-state index contributed by atoms with van der Waals surface area (Å²) in [5.74, 6) is -4.03. The van der Waals surface area contributed by atoms with Crippen molar-refractivity contribution in [3.05, 3.63) is 12.2 Å². The highest BCUT2D eigenvalue weighted by molar-refractivity contribution is 5.94. The highest BCUT2D eigenvalue weighted by Gasteiger charge is 2.21. The fourth-order valence-electron chi connectivity index (χ4n) is 1.19. The Morgan fingerprint density at radius 1 is 1.13 bits per heavy atom. The lowest BCUT2D eigenvalue weighted by molar-refractivity contribution is -0.151. The molecule has 0 amide bonds. The Morgan fingerprint density at radius 2 is 1.73 bits per heavy atom. The molecule has 0 fully saturated rings. The number of carbonyl (C=O) groups is 2. The lowest BCUT2D eigenvalue weighted by Crippen LogP contribution is -2.20. The van der Waals surface area contributed by atoms with Crippen LogP contribution in [0.4, 0.5) is 0 Å². The van der Waals surface area contributed by atoms with Crippen molar-refractivity contribution in [3.63, 3.8) is 0 Å². The van der Waals surface area contributed by atoms with Gasteiger partial charge < -0.3 is 10.2 Å². The van der Waals surface area contributed by atoms with Gasteiger partial charge in [0.25, 0.3) is 0 Å². The third-order valence-corrected chi connectivity index (χ3v) is 2.08. The van der Waals surface area contributed by atoms with Gasteiger partial charge in [0.2, 0.25) is 0 Å². The van der Waals surface area contributed by atoms with Crippen molar-refractivity contribution in [2.75, 3.05) is 0 Å². The van der Waals surface area contributed by atoms with Crippen LogP contribution in [-0.2, 0) is 9.59 Å². The Morgan fingerprint density at radius 3 is 2.20 bits per heavy atom. The Kier molecular flexibility index (Phi) is 7.32. The van der Waals surface area contributed by atoms with Gasteiger partial charge in [0.05, 0.1) is 0 Å². The van der Waals surface area contributed by atoms with Crippen LogP contribution < -0.4 is 0 Å². The van der Waals surface area contributed by atoms with Gasteiger partial charge in [0.1, 0.15) is 0 Å². The third kappa shape index (κ3) is 6.71. The van der Waals surface area contributed by atoms with E-state index in [0.717, 1.165) is 32.1 Å². The summed E-state index contributed by atoms with van der Waals surface area (Å²) in [7, 11) is 0. The summed E-state index contributed by atoms with van der Waals surface area (Å²) < 4.78 is 0. The molecule has 86 valence electrons. The van der Waals surface area contributed by atoms with Crippen LogP contribution in [0.15, 0.2) is 12.2 Å². The molecule has 0 aromatic carbocycles. The Bertz CT molecular complexity index is 219. The molecular weight excluding hydrogens is 196 g/mol. The molecule has 0 saturated heterocycles. The average molecular weight is 214 g/mol. The molecule has 0 heterocycles. The van der Waals surface area contributed by atoms with Crippen LogP contribution in [0.25, 0.3) is 0 Å². The second kappa shape index (κ2) is 8.03. The van der Waals surface area contributed by atoms with Crippen LogP contribution >= 0.6 is 0 Å². The van der Waals surface area contributed by atoms with Crippen LogP contribution in [-0.4, -0.2) is 22.2 Å². The minimum Gasteiger partial charge on any atom is -0.480 e. The number of aliphatic carboxylic acids is 2. The molecular formula is C11H18O4. The van der Waals surface area contributed by atoms with Gasteiger partial charge in [-0.2, -0.15) is 0 Å². The molecule has 4 heteroatoms. The molecule has 0 rings (SSSR count).